The Morgan fingerprint density at radius 3 is 2.71 bits per heavy atom. The lowest BCUT2D eigenvalue weighted by molar-refractivity contribution is -0.138. The van der Waals surface area contributed by atoms with Gasteiger partial charge in [-0.15, -0.1) is 0 Å². The second-order valence-electron chi connectivity index (χ2n) is 3.30. The minimum atomic E-state index is -1.05. The highest BCUT2D eigenvalue weighted by Gasteiger charge is 2.17. The fraction of sp³-hybridized carbons (Fsp3) is 0.400. The molecule has 3 N–H and O–H groups in total. The highest BCUT2D eigenvalue weighted by Crippen LogP contribution is 2.28. The van der Waals surface area contributed by atoms with Crippen LogP contribution in [0.3, 0.4) is 0 Å². The monoisotopic (exact) mass is 352 g/mol. The average Bonchev–Trinajstić information content (AvgIpc) is 2.30. The predicted molar refractivity (Wildman–Crippen MR) is 69.4 cm³/mol. The lowest BCUT2D eigenvalue weighted by Gasteiger charge is -2.12. The number of nitrogens with zero attached hydrogens (tertiary/aromatic N) is 1. The Hall–Kier alpha value is -1.09. The molecule has 0 unspecified atom stereocenters. The summed E-state index contributed by atoms with van der Waals surface area (Å²) in [7, 11) is 2.98. The maximum Gasteiger partial charge on any atom is 0.320 e. The molecule has 0 amide bonds. The summed E-state index contributed by atoms with van der Waals surface area (Å²) < 4.78 is 10.8. The number of halogens is 1. The molecule has 1 aromatic rings. The number of hydrogen-bond acceptors (Lipinski definition) is 5. The molecule has 1 aromatic heterocycles. The molecule has 0 aromatic carbocycles. The third-order valence-corrected chi connectivity index (χ3v) is 3.09. The first-order chi connectivity index (χ1) is 7.99. The van der Waals surface area contributed by atoms with Crippen molar-refractivity contribution in [2.75, 3.05) is 14.2 Å². The number of aliphatic carboxylic acids is 1. The fourth-order valence-corrected chi connectivity index (χ4v) is 1.85. The number of rotatable bonds is 5. The normalized spacial score (nSPS) is 12.0. The number of hydrogen-bond donors (Lipinski definition) is 2. The van der Waals surface area contributed by atoms with Gasteiger partial charge >= 0.3 is 5.97 Å². The van der Waals surface area contributed by atoms with Crippen molar-refractivity contribution in [3.63, 3.8) is 0 Å². The van der Waals surface area contributed by atoms with Crippen LogP contribution < -0.4 is 15.2 Å². The maximum atomic E-state index is 10.7. The van der Waals surface area contributed by atoms with Crippen LogP contribution in [-0.4, -0.2) is 36.3 Å². The van der Waals surface area contributed by atoms with Crippen molar-refractivity contribution < 1.29 is 19.4 Å². The molecule has 0 aliphatic carbocycles. The smallest absolute Gasteiger partial charge is 0.320 e. The van der Waals surface area contributed by atoms with Crippen LogP contribution in [0.25, 0.3) is 0 Å². The summed E-state index contributed by atoms with van der Waals surface area (Å²) in [4.78, 5) is 14.9. The van der Waals surface area contributed by atoms with Gasteiger partial charge in [0.25, 0.3) is 5.88 Å². The zero-order valence-electron chi connectivity index (χ0n) is 9.44. The third-order valence-electron chi connectivity index (χ3n) is 2.15. The molecule has 6 nitrogen and oxygen atoms in total. The van der Waals surface area contributed by atoms with Crippen molar-refractivity contribution in [1.29, 1.82) is 0 Å². The van der Waals surface area contributed by atoms with Gasteiger partial charge in [-0.2, -0.15) is 0 Å². The molecule has 0 bridgehead atoms. The summed E-state index contributed by atoms with van der Waals surface area (Å²) in [5, 5.41) is 8.76. The number of methoxy groups -OCH3 is 2. The molecule has 1 rings (SSSR count). The van der Waals surface area contributed by atoms with Gasteiger partial charge in [0.05, 0.1) is 14.2 Å². The minimum Gasteiger partial charge on any atom is -0.491 e. The molecule has 94 valence electrons. The molecule has 0 radical (unpaired) electrons. The number of aromatic nitrogens is 1. The molecule has 1 heterocycles. The first-order valence-electron chi connectivity index (χ1n) is 4.75. The van der Waals surface area contributed by atoms with Crippen molar-refractivity contribution in [3.8, 4) is 11.6 Å². The van der Waals surface area contributed by atoms with Crippen LogP contribution in [-0.2, 0) is 11.2 Å². The zero-order valence-corrected chi connectivity index (χ0v) is 11.6. The average molecular weight is 352 g/mol. The second-order valence-corrected chi connectivity index (χ2v) is 4.32. The highest BCUT2D eigenvalue weighted by atomic mass is 127. The Balaban J connectivity index is 3.04. The predicted octanol–water partition coefficient (Wildman–Crippen LogP) is 0.658. The zero-order chi connectivity index (χ0) is 13.0. The second kappa shape index (κ2) is 6.01. The van der Waals surface area contributed by atoms with Gasteiger partial charge in [0.15, 0.2) is 5.75 Å². The van der Waals surface area contributed by atoms with Crippen LogP contribution >= 0.6 is 22.6 Å². The lowest BCUT2D eigenvalue weighted by atomic mass is 10.1. The Morgan fingerprint density at radius 1 is 1.59 bits per heavy atom. The van der Waals surface area contributed by atoms with Gasteiger partial charge in [-0.1, -0.05) is 0 Å². The highest BCUT2D eigenvalue weighted by molar-refractivity contribution is 14.1. The number of carboxylic acids is 1. The van der Waals surface area contributed by atoms with E-state index in [1.54, 1.807) is 6.07 Å². The molecular formula is C10H13IN2O4. The van der Waals surface area contributed by atoms with E-state index in [2.05, 4.69) is 4.98 Å². The molecule has 0 fully saturated rings. The van der Waals surface area contributed by atoms with Crippen LogP contribution in [0.15, 0.2) is 6.07 Å². The molecule has 7 heteroatoms. The Kier molecular flexibility index (Phi) is 4.94. The van der Waals surface area contributed by atoms with Gasteiger partial charge in [-0.25, -0.2) is 4.98 Å². The molecule has 1 atom stereocenters. The van der Waals surface area contributed by atoms with E-state index in [1.165, 1.54) is 14.2 Å². The molecule has 17 heavy (non-hydrogen) atoms. The molecule has 0 saturated carbocycles. The molecular weight excluding hydrogens is 339 g/mol. The number of carboxylic acid groups (broad SMARTS) is 1. The van der Waals surface area contributed by atoms with Gasteiger partial charge < -0.3 is 20.3 Å². The quantitative estimate of drug-likeness (QED) is 0.597. The van der Waals surface area contributed by atoms with Gasteiger partial charge in [-0.05, 0) is 34.2 Å². The van der Waals surface area contributed by atoms with Crippen molar-refractivity contribution in [2.24, 2.45) is 5.73 Å². The topological polar surface area (TPSA) is 94.7 Å². The summed E-state index contributed by atoms with van der Waals surface area (Å²) in [6.45, 7) is 0. The first kappa shape index (κ1) is 14.0. The Morgan fingerprint density at radius 2 is 2.24 bits per heavy atom. The Bertz CT molecular complexity index is 425. The first-order valence-corrected chi connectivity index (χ1v) is 5.83. The van der Waals surface area contributed by atoms with Gasteiger partial charge in [-0.3, -0.25) is 4.79 Å². The fourth-order valence-electron chi connectivity index (χ4n) is 1.26. The van der Waals surface area contributed by atoms with Crippen molar-refractivity contribution in [2.45, 2.75) is 12.5 Å². The van der Waals surface area contributed by atoms with E-state index in [0.29, 0.717) is 15.3 Å². The van der Waals surface area contributed by atoms with E-state index < -0.39 is 12.0 Å². The molecule has 0 saturated heterocycles. The maximum absolute atomic E-state index is 10.7. The lowest BCUT2D eigenvalue weighted by Crippen LogP contribution is -2.32. The van der Waals surface area contributed by atoms with Gasteiger partial charge in [0.2, 0.25) is 0 Å². The molecule has 0 spiro atoms. The van der Waals surface area contributed by atoms with E-state index in [0.717, 1.165) is 5.56 Å². The number of ether oxygens (including phenoxy) is 2. The summed E-state index contributed by atoms with van der Waals surface area (Å²) >= 11 is 2.00. The minimum absolute atomic E-state index is 0.195. The van der Waals surface area contributed by atoms with E-state index in [1.807, 2.05) is 22.6 Å². The van der Waals surface area contributed by atoms with Crippen LogP contribution in [0.5, 0.6) is 11.6 Å². The summed E-state index contributed by atoms with van der Waals surface area (Å²) in [6.07, 6.45) is 0.195. The molecule has 0 aliphatic rings. The third kappa shape index (κ3) is 3.43. The van der Waals surface area contributed by atoms with Crippen molar-refractivity contribution in [3.05, 3.63) is 15.3 Å². The van der Waals surface area contributed by atoms with E-state index in [9.17, 15) is 4.79 Å². The van der Waals surface area contributed by atoms with Crippen molar-refractivity contribution >= 4 is 28.6 Å². The standard InChI is InChI=1S/C10H13IN2O4/c1-16-7-4-5(3-6(12)10(14)15)8(11)13-9(7)17-2/h4,6H,3,12H2,1-2H3,(H,14,15)/t6-/m0/s1. The largest absolute Gasteiger partial charge is 0.491 e. The SMILES string of the molecule is COc1cc(C[C@H](N)C(=O)O)c(I)nc1OC. The van der Waals surface area contributed by atoms with Gasteiger partial charge in [0, 0.05) is 6.42 Å². The Labute approximate surface area is 112 Å². The summed E-state index contributed by atoms with van der Waals surface area (Å²) in [5.41, 5.74) is 6.20. The number of carbonyl (C=O) groups is 1. The summed E-state index contributed by atoms with van der Waals surface area (Å²) in [5.74, 6) is -0.222. The van der Waals surface area contributed by atoms with Crippen LogP contribution in [0.4, 0.5) is 0 Å². The number of nitrogens with two attached hydrogens (primary N) is 1. The van der Waals surface area contributed by atoms with Gasteiger partial charge in [0.1, 0.15) is 9.74 Å². The van der Waals surface area contributed by atoms with Crippen LogP contribution in [0.2, 0.25) is 0 Å². The van der Waals surface area contributed by atoms with Crippen molar-refractivity contribution in [1.82, 2.24) is 4.98 Å². The number of pyridine rings is 1. The van der Waals surface area contributed by atoms with Crippen LogP contribution in [0, 0.1) is 3.70 Å². The van der Waals surface area contributed by atoms with Crippen LogP contribution in [0.1, 0.15) is 5.56 Å². The summed E-state index contributed by atoms with van der Waals surface area (Å²) in [6, 6.07) is 0.736. The van der Waals surface area contributed by atoms with E-state index in [4.69, 9.17) is 20.3 Å². The molecule has 0 aliphatic heterocycles. The van der Waals surface area contributed by atoms with E-state index in [-0.39, 0.29) is 6.42 Å². The van der Waals surface area contributed by atoms with E-state index >= 15 is 0 Å².